The van der Waals surface area contributed by atoms with Crippen molar-refractivity contribution < 1.29 is 0 Å². The van der Waals surface area contributed by atoms with Crippen molar-refractivity contribution in [1.29, 1.82) is 0 Å². The Morgan fingerprint density at radius 1 is 1.36 bits per heavy atom. The fraction of sp³-hybridized carbons (Fsp3) is 0.400. The molecule has 0 aliphatic heterocycles. The number of nitrogens with two attached hydrogens (primary N) is 1. The van der Waals surface area contributed by atoms with E-state index >= 15 is 0 Å². The lowest BCUT2D eigenvalue weighted by molar-refractivity contribution is 0.893. The molecule has 0 radical (unpaired) electrons. The Bertz CT molecular complexity index is 433. The van der Waals surface area contributed by atoms with Gasteiger partial charge in [0, 0.05) is 12.6 Å². The van der Waals surface area contributed by atoms with Crippen molar-refractivity contribution in [3.63, 3.8) is 0 Å². The highest BCUT2D eigenvalue weighted by Gasteiger charge is 2.02. The lowest BCUT2D eigenvalue weighted by Crippen LogP contribution is -2.04. The first-order valence-electron chi connectivity index (χ1n) is 4.87. The lowest BCUT2D eigenvalue weighted by atomic mass is 10.2. The van der Waals surface area contributed by atoms with Crippen molar-refractivity contribution >= 4 is 5.65 Å². The van der Waals surface area contributed by atoms with Crippen LogP contribution >= 0.6 is 0 Å². The molecule has 2 aromatic rings. The summed E-state index contributed by atoms with van der Waals surface area (Å²) in [5, 5.41) is 8.17. The van der Waals surface area contributed by atoms with Crippen LogP contribution in [0.4, 0.5) is 0 Å². The van der Waals surface area contributed by atoms with E-state index in [1.165, 1.54) is 5.56 Å². The molecule has 2 N–H and O–H groups in total. The molecule has 0 saturated carbocycles. The molecular formula is C10H14N4. The summed E-state index contributed by atoms with van der Waals surface area (Å²) in [6.45, 7) is 2.75. The van der Waals surface area contributed by atoms with Crippen LogP contribution in [0.2, 0.25) is 0 Å². The van der Waals surface area contributed by atoms with E-state index in [0.717, 1.165) is 24.3 Å². The summed E-state index contributed by atoms with van der Waals surface area (Å²) in [5.74, 6) is 0.999. The van der Waals surface area contributed by atoms with E-state index in [9.17, 15) is 0 Å². The maximum atomic E-state index is 5.51. The van der Waals surface area contributed by atoms with E-state index in [-0.39, 0.29) is 0 Å². The number of aryl methyl sites for hydroxylation is 1. The normalized spacial score (nSPS) is 11.0. The van der Waals surface area contributed by atoms with Gasteiger partial charge in [0.1, 0.15) is 5.82 Å². The number of hydrogen-bond acceptors (Lipinski definition) is 3. The number of hydrogen-bond donors (Lipinski definition) is 1. The average molecular weight is 190 g/mol. The monoisotopic (exact) mass is 190 g/mol. The second kappa shape index (κ2) is 3.75. The minimum absolute atomic E-state index is 0.676. The molecule has 4 heteroatoms. The van der Waals surface area contributed by atoms with Crippen molar-refractivity contribution in [2.75, 3.05) is 6.54 Å². The smallest absolute Gasteiger partial charge is 0.160 e. The molecule has 0 unspecified atom stereocenters. The number of nitrogens with zero attached hydrogens (tertiary/aromatic N) is 3. The van der Waals surface area contributed by atoms with Crippen LogP contribution in [0, 0.1) is 0 Å². The van der Waals surface area contributed by atoms with Crippen LogP contribution in [0.5, 0.6) is 0 Å². The van der Waals surface area contributed by atoms with Gasteiger partial charge in [-0.25, -0.2) is 0 Å². The van der Waals surface area contributed by atoms with Gasteiger partial charge in [0.25, 0.3) is 0 Å². The maximum Gasteiger partial charge on any atom is 0.160 e. The van der Waals surface area contributed by atoms with Crippen molar-refractivity contribution in [2.45, 2.75) is 19.8 Å². The molecule has 0 saturated heterocycles. The molecule has 0 aliphatic rings. The second-order valence-corrected chi connectivity index (χ2v) is 3.27. The van der Waals surface area contributed by atoms with Gasteiger partial charge in [-0.3, -0.25) is 4.40 Å². The molecule has 2 aromatic heterocycles. The van der Waals surface area contributed by atoms with Crippen molar-refractivity contribution in [2.24, 2.45) is 5.73 Å². The Morgan fingerprint density at radius 2 is 2.21 bits per heavy atom. The summed E-state index contributed by atoms with van der Waals surface area (Å²) in [6, 6.07) is 4.04. The summed E-state index contributed by atoms with van der Waals surface area (Å²) < 4.78 is 2.03. The quantitative estimate of drug-likeness (QED) is 0.778. The van der Waals surface area contributed by atoms with Gasteiger partial charge in [0.15, 0.2) is 5.65 Å². The van der Waals surface area contributed by atoms with Crippen LogP contribution in [0.1, 0.15) is 18.3 Å². The summed E-state index contributed by atoms with van der Waals surface area (Å²) in [7, 11) is 0. The molecular weight excluding hydrogens is 176 g/mol. The van der Waals surface area contributed by atoms with Crippen molar-refractivity contribution in [3.8, 4) is 0 Å². The summed E-state index contributed by atoms with van der Waals surface area (Å²) in [4.78, 5) is 0. The molecule has 0 aliphatic carbocycles. The standard InChI is InChI=1S/C10H14N4/c1-2-9-12-13-10-4-3-8(5-6-11)7-14(9)10/h3-4,7H,2,5-6,11H2,1H3. The van der Waals surface area contributed by atoms with Gasteiger partial charge in [0.2, 0.25) is 0 Å². The lowest BCUT2D eigenvalue weighted by Gasteiger charge is -2.01. The first kappa shape index (κ1) is 9.15. The predicted octanol–water partition coefficient (Wildman–Crippen LogP) is 0.793. The molecule has 2 heterocycles. The number of fused-ring (bicyclic) bond motifs is 1. The maximum absolute atomic E-state index is 5.51. The fourth-order valence-corrected chi connectivity index (χ4v) is 1.54. The Hall–Kier alpha value is -1.42. The highest BCUT2D eigenvalue weighted by molar-refractivity contribution is 5.39. The number of rotatable bonds is 3. The van der Waals surface area contributed by atoms with E-state index in [1.807, 2.05) is 10.5 Å². The van der Waals surface area contributed by atoms with E-state index in [1.54, 1.807) is 0 Å². The van der Waals surface area contributed by atoms with Gasteiger partial charge in [-0.2, -0.15) is 0 Å². The molecule has 0 aromatic carbocycles. The number of pyridine rings is 1. The topological polar surface area (TPSA) is 56.2 Å². The molecule has 0 bridgehead atoms. The van der Waals surface area contributed by atoms with Crippen LogP contribution in [0.3, 0.4) is 0 Å². The molecule has 0 amide bonds. The fourth-order valence-electron chi connectivity index (χ4n) is 1.54. The SMILES string of the molecule is CCc1nnc2ccc(CCN)cn12. The minimum atomic E-state index is 0.676. The van der Waals surface area contributed by atoms with Crippen LogP contribution < -0.4 is 5.73 Å². The molecule has 0 fully saturated rings. The zero-order valence-electron chi connectivity index (χ0n) is 8.27. The van der Waals surface area contributed by atoms with Crippen molar-refractivity contribution in [1.82, 2.24) is 14.6 Å². The van der Waals surface area contributed by atoms with Crippen LogP contribution in [0.25, 0.3) is 5.65 Å². The van der Waals surface area contributed by atoms with E-state index in [0.29, 0.717) is 6.54 Å². The van der Waals surface area contributed by atoms with Gasteiger partial charge in [-0.1, -0.05) is 13.0 Å². The third-order valence-corrected chi connectivity index (χ3v) is 2.28. The molecule has 4 nitrogen and oxygen atoms in total. The van der Waals surface area contributed by atoms with Gasteiger partial charge < -0.3 is 5.73 Å². The van der Waals surface area contributed by atoms with Crippen LogP contribution in [-0.2, 0) is 12.8 Å². The predicted molar refractivity (Wildman–Crippen MR) is 55.1 cm³/mol. The van der Waals surface area contributed by atoms with E-state index < -0.39 is 0 Å². The van der Waals surface area contributed by atoms with Gasteiger partial charge in [0.05, 0.1) is 0 Å². The van der Waals surface area contributed by atoms with E-state index in [2.05, 4.69) is 29.4 Å². The first-order chi connectivity index (χ1) is 6.85. The molecule has 2 rings (SSSR count). The zero-order valence-corrected chi connectivity index (χ0v) is 8.27. The van der Waals surface area contributed by atoms with Gasteiger partial charge in [-0.15, -0.1) is 10.2 Å². The molecule has 74 valence electrons. The highest BCUT2D eigenvalue weighted by atomic mass is 15.2. The van der Waals surface area contributed by atoms with Gasteiger partial charge in [-0.05, 0) is 24.6 Å². The van der Waals surface area contributed by atoms with Gasteiger partial charge >= 0.3 is 0 Å². The Morgan fingerprint density at radius 3 is 2.93 bits per heavy atom. The summed E-state index contributed by atoms with van der Waals surface area (Å²) in [5.41, 5.74) is 7.65. The minimum Gasteiger partial charge on any atom is -0.330 e. The molecule has 14 heavy (non-hydrogen) atoms. The number of aromatic nitrogens is 3. The third kappa shape index (κ3) is 1.48. The Balaban J connectivity index is 2.50. The summed E-state index contributed by atoms with van der Waals surface area (Å²) in [6.07, 6.45) is 3.87. The Kier molecular flexibility index (Phi) is 2.45. The van der Waals surface area contributed by atoms with E-state index in [4.69, 9.17) is 5.73 Å². The first-order valence-corrected chi connectivity index (χ1v) is 4.87. The zero-order chi connectivity index (χ0) is 9.97. The summed E-state index contributed by atoms with van der Waals surface area (Å²) >= 11 is 0. The van der Waals surface area contributed by atoms with Crippen LogP contribution in [-0.4, -0.2) is 21.1 Å². The average Bonchev–Trinajstić information content (AvgIpc) is 2.60. The van der Waals surface area contributed by atoms with Crippen molar-refractivity contribution in [3.05, 3.63) is 29.7 Å². The molecule has 0 spiro atoms. The Labute approximate surface area is 82.8 Å². The second-order valence-electron chi connectivity index (χ2n) is 3.27. The third-order valence-electron chi connectivity index (χ3n) is 2.28. The highest BCUT2D eigenvalue weighted by Crippen LogP contribution is 2.07. The largest absolute Gasteiger partial charge is 0.330 e. The molecule has 0 atom stereocenters. The van der Waals surface area contributed by atoms with Crippen LogP contribution in [0.15, 0.2) is 18.3 Å².